The summed E-state index contributed by atoms with van der Waals surface area (Å²) in [6.07, 6.45) is 1.69. The second kappa shape index (κ2) is 5.05. The van der Waals surface area contributed by atoms with Crippen molar-refractivity contribution in [2.75, 3.05) is 19.4 Å². The van der Waals surface area contributed by atoms with E-state index < -0.39 is 5.92 Å². The largest absolute Gasteiger partial charge is 0.383 e. The maximum Gasteiger partial charge on any atom is 0.231 e. The first-order valence-electron chi connectivity index (χ1n) is 5.93. The summed E-state index contributed by atoms with van der Waals surface area (Å²) in [4.78, 5) is 26.3. The normalized spacial score (nSPS) is 20.8. The van der Waals surface area contributed by atoms with E-state index in [-0.39, 0.29) is 11.7 Å². The second-order valence-corrected chi connectivity index (χ2v) is 5.21. The van der Waals surface area contributed by atoms with Crippen LogP contribution in [-0.4, -0.2) is 30.7 Å². The van der Waals surface area contributed by atoms with Gasteiger partial charge >= 0.3 is 0 Å². The number of anilines is 1. The van der Waals surface area contributed by atoms with Crippen molar-refractivity contribution in [3.8, 4) is 0 Å². The lowest BCUT2D eigenvalue weighted by atomic mass is 9.94. The van der Waals surface area contributed by atoms with Crippen LogP contribution in [0.1, 0.15) is 17.3 Å². The summed E-state index contributed by atoms with van der Waals surface area (Å²) in [5, 5.41) is 3.23. The number of fused-ring (bicyclic) bond motifs is 1. The molecule has 1 aromatic carbocycles. The first kappa shape index (κ1) is 13.6. The molecule has 1 aromatic rings. The smallest absolute Gasteiger partial charge is 0.231 e. The molecule has 1 atom stereocenters. The molecular weight excluding hydrogens is 264 g/mol. The predicted molar refractivity (Wildman–Crippen MR) is 75.3 cm³/mol. The molecule has 100 valence electrons. The van der Waals surface area contributed by atoms with Crippen LogP contribution in [0.3, 0.4) is 0 Å². The van der Waals surface area contributed by atoms with Gasteiger partial charge in [0, 0.05) is 36.5 Å². The molecule has 0 spiro atoms. The highest BCUT2D eigenvalue weighted by Crippen LogP contribution is 2.30. The highest BCUT2D eigenvalue weighted by Gasteiger charge is 2.30. The maximum absolute atomic E-state index is 12.5. The minimum Gasteiger partial charge on any atom is -0.383 e. The number of Topliss-reactive ketones (excluding diaryl/α,β-unsaturated/α-hetero) is 1. The minimum atomic E-state index is -0.499. The highest BCUT2D eigenvalue weighted by atomic mass is 35.5. The van der Waals surface area contributed by atoms with Gasteiger partial charge in [0.05, 0.1) is 11.6 Å². The van der Waals surface area contributed by atoms with Crippen LogP contribution in [0.15, 0.2) is 30.0 Å². The molecule has 0 aromatic heterocycles. The Morgan fingerprint density at radius 2 is 2.00 bits per heavy atom. The fourth-order valence-electron chi connectivity index (χ4n) is 2.00. The van der Waals surface area contributed by atoms with Crippen LogP contribution >= 0.6 is 11.6 Å². The molecule has 0 saturated carbocycles. The Morgan fingerprint density at radius 3 is 2.63 bits per heavy atom. The highest BCUT2D eigenvalue weighted by molar-refractivity contribution is 6.31. The average molecular weight is 279 g/mol. The van der Waals surface area contributed by atoms with Crippen LogP contribution in [0, 0.1) is 5.92 Å². The van der Waals surface area contributed by atoms with Crippen molar-refractivity contribution in [3.63, 3.8) is 0 Å². The molecule has 0 radical (unpaired) electrons. The summed E-state index contributed by atoms with van der Waals surface area (Å²) in [6.45, 7) is 1.72. The van der Waals surface area contributed by atoms with Gasteiger partial charge in [-0.15, -0.1) is 0 Å². The standard InChI is InChI=1S/C14H15ClN2O2/c1-8-11(7-17(2)3)13(18)10-5-4-9(15)6-12(10)16-14(8)19/h4-8H,1-3H3,(H,16,19)/b11-7+/t8-/m1/s1. The van der Waals surface area contributed by atoms with Crippen LogP contribution in [-0.2, 0) is 4.79 Å². The number of nitrogens with one attached hydrogen (secondary N) is 1. The quantitative estimate of drug-likeness (QED) is 0.803. The van der Waals surface area contributed by atoms with Crippen LogP contribution < -0.4 is 5.32 Å². The Kier molecular flexibility index (Phi) is 3.62. The Balaban J connectivity index is 2.59. The third-order valence-corrected chi connectivity index (χ3v) is 3.24. The molecule has 2 rings (SSSR count). The number of nitrogens with zero attached hydrogens (tertiary/aromatic N) is 1. The van der Waals surface area contributed by atoms with Gasteiger partial charge in [0.15, 0.2) is 5.78 Å². The van der Waals surface area contributed by atoms with Crippen molar-refractivity contribution in [2.24, 2.45) is 5.92 Å². The molecule has 1 N–H and O–H groups in total. The molecule has 0 saturated heterocycles. The lowest BCUT2D eigenvalue weighted by Crippen LogP contribution is -2.22. The van der Waals surface area contributed by atoms with Gasteiger partial charge in [0.1, 0.15) is 0 Å². The first-order valence-corrected chi connectivity index (χ1v) is 6.31. The zero-order valence-electron chi connectivity index (χ0n) is 11.0. The third kappa shape index (κ3) is 2.63. The molecule has 0 unspecified atom stereocenters. The van der Waals surface area contributed by atoms with E-state index in [0.29, 0.717) is 21.8 Å². The zero-order chi connectivity index (χ0) is 14.2. The molecule has 0 aliphatic carbocycles. The SMILES string of the molecule is C[C@H]1C(=O)Nc2cc(Cl)ccc2C(=O)/C1=C/N(C)C. The third-order valence-electron chi connectivity index (χ3n) is 3.00. The van der Waals surface area contributed by atoms with Crippen LogP contribution in [0.5, 0.6) is 0 Å². The van der Waals surface area contributed by atoms with Crippen molar-refractivity contribution in [3.05, 3.63) is 40.6 Å². The lowest BCUT2D eigenvalue weighted by molar-refractivity contribution is -0.118. The molecular formula is C14H15ClN2O2. The number of ketones is 1. The van der Waals surface area contributed by atoms with Crippen molar-refractivity contribution in [1.82, 2.24) is 4.90 Å². The van der Waals surface area contributed by atoms with Gasteiger partial charge in [-0.2, -0.15) is 0 Å². The van der Waals surface area contributed by atoms with Crippen LogP contribution in [0.25, 0.3) is 0 Å². The molecule has 1 amide bonds. The number of halogens is 1. The molecule has 1 aliphatic heterocycles. The van der Waals surface area contributed by atoms with Crippen LogP contribution in [0.4, 0.5) is 5.69 Å². The van der Waals surface area contributed by atoms with Gasteiger partial charge in [0.25, 0.3) is 0 Å². The summed E-state index contributed by atoms with van der Waals surface area (Å²) >= 11 is 5.90. The molecule has 4 nitrogen and oxygen atoms in total. The molecule has 0 bridgehead atoms. The van der Waals surface area contributed by atoms with Gasteiger partial charge < -0.3 is 10.2 Å². The lowest BCUT2D eigenvalue weighted by Gasteiger charge is -2.13. The number of carbonyl (C=O) groups excluding carboxylic acids is 2. The predicted octanol–water partition coefficient (Wildman–Crippen LogP) is 2.56. The fraction of sp³-hybridized carbons (Fsp3) is 0.286. The van der Waals surface area contributed by atoms with E-state index in [0.717, 1.165) is 0 Å². The first-order chi connectivity index (χ1) is 8.90. The van der Waals surface area contributed by atoms with Gasteiger partial charge in [0.2, 0.25) is 5.91 Å². The molecule has 5 heteroatoms. The van der Waals surface area contributed by atoms with Crippen LogP contribution in [0.2, 0.25) is 5.02 Å². The zero-order valence-corrected chi connectivity index (χ0v) is 11.8. The summed E-state index contributed by atoms with van der Waals surface area (Å²) in [7, 11) is 3.64. The Labute approximate surface area is 117 Å². The fourth-order valence-corrected chi connectivity index (χ4v) is 2.17. The number of amides is 1. The second-order valence-electron chi connectivity index (χ2n) is 4.78. The Hall–Kier alpha value is -1.81. The monoisotopic (exact) mass is 278 g/mol. The van der Waals surface area contributed by atoms with Gasteiger partial charge in [-0.25, -0.2) is 0 Å². The van der Waals surface area contributed by atoms with E-state index >= 15 is 0 Å². The van der Waals surface area contributed by atoms with Crippen molar-refractivity contribution in [2.45, 2.75) is 6.92 Å². The minimum absolute atomic E-state index is 0.147. The number of carbonyl (C=O) groups is 2. The summed E-state index contributed by atoms with van der Waals surface area (Å²) in [6, 6.07) is 4.88. The summed E-state index contributed by atoms with van der Waals surface area (Å²) in [5.74, 6) is -0.852. The number of hydrogen-bond donors (Lipinski definition) is 1. The van der Waals surface area contributed by atoms with E-state index in [1.807, 2.05) is 14.1 Å². The van der Waals surface area contributed by atoms with E-state index in [9.17, 15) is 9.59 Å². The van der Waals surface area contributed by atoms with E-state index in [1.54, 1.807) is 36.2 Å². The van der Waals surface area contributed by atoms with Gasteiger partial charge in [-0.3, -0.25) is 9.59 Å². The number of benzene rings is 1. The van der Waals surface area contributed by atoms with E-state index in [2.05, 4.69) is 5.32 Å². The molecule has 19 heavy (non-hydrogen) atoms. The summed E-state index contributed by atoms with van der Waals surface area (Å²) in [5.41, 5.74) is 1.41. The molecule has 0 fully saturated rings. The number of hydrogen-bond acceptors (Lipinski definition) is 3. The van der Waals surface area contributed by atoms with E-state index in [4.69, 9.17) is 11.6 Å². The maximum atomic E-state index is 12.5. The average Bonchev–Trinajstić information content (AvgIpc) is 2.40. The van der Waals surface area contributed by atoms with Gasteiger partial charge in [-0.05, 0) is 25.1 Å². The number of rotatable bonds is 1. The van der Waals surface area contributed by atoms with Crippen molar-refractivity contribution >= 4 is 29.0 Å². The Bertz CT molecular complexity index is 579. The summed E-state index contributed by atoms with van der Waals surface area (Å²) < 4.78 is 0. The molecule has 1 aliphatic rings. The van der Waals surface area contributed by atoms with Gasteiger partial charge in [-0.1, -0.05) is 11.6 Å². The topological polar surface area (TPSA) is 49.4 Å². The van der Waals surface area contributed by atoms with Crippen molar-refractivity contribution in [1.29, 1.82) is 0 Å². The van der Waals surface area contributed by atoms with Crippen molar-refractivity contribution < 1.29 is 9.59 Å². The Morgan fingerprint density at radius 1 is 1.32 bits per heavy atom. The molecule has 1 heterocycles. The van der Waals surface area contributed by atoms with E-state index in [1.165, 1.54) is 0 Å².